The van der Waals surface area contributed by atoms with Gasteiger partial charge in [-0.3, -0.25) is 14.6 Å². The van der Waals surface area contributed by atoms with E-state index in [-0.39, 0.29) is 30.1 Å². The topological polar surface area (TPSA) is 48.9 Å². The second-order valence-electron chi connectivity index (χ2n) is 8.63. The number of amides is 1. The van der Waals surface area contributed by atoms with E-state index in [0.29, 0.717) is 40.8 Å². The number of ether oxygens (including phenoxy) is 1. The first-order valence-electron chi connectivity index (χ1n) is 10.4. The molecule has 0 saturated carbocycles. The van der Waals surface area contributed by atoms with Gasteiger partial charge in [0, 0.05) is 55.7 Å². The average molecular weight is 446 g/mol. The molecule has 1 aromatic heterocycles. The van der Waals surface area contributed by atoms with Gasteiger partial charge in [-0.25, -0.2) is 13.8 Å². The van der Waals surface area contributed by atoms with Crippen LogP contribution in [-0.2, 0) is 4.79 Å². The molecule has 3 aliphatic rings. The van der Waals surface area contributed by atoms with Crippen LogP contribution >= 0.6 is 9.24 Å². The number of fused-ring (bicyclic) bond motifs is 2. The standard InChI is InChI=1S/C22H25F2N4O2P/c1-26-10-14-6-13(26)11-27(14)22-16(23)3-4-19(25-22)28-9-12(5-20(28)29)21-17(24)7-15(30-2)8-18(21)31/h3-4,7-8,12-14H,5-6,9-11,31H2,1-2H3/t12-,13-,14-/m0/s1. The highest BCUT2D eigenvalue weighted by Gasteiger charge is 2.43. The van der Waals surface area contributed by atoms with E-state index in [9.17, 15) is 13.6 Å². The van der Waals surface area contributed by atoms with Gasteiger partial charge in [0.1, 0.15) is 17.4 Å². The van der Waals surface area contributed by atoms with Gasteiger partial charge in [0.15, 0.2) is 11.6 Å². The molecular formula is C22H25F2N4O2P. The Balaban J connectivity index is 1.41. The number of aromatic nitrogens is 1. The summed E-state index contributed by atoms with van der Waals surface area (Å²) >= 11 is 0. The first-order chi connectivity index (χ1) is 14.9. The lowest BCUT2D eigenvalue weighted by Crippen LogP contribution is -2.45. The Morgan fingerprint density at radius 1 is 1.13 bits per heavy atom. The number of likely N-dealkylation sites (tertiary alicyclic amines) is 1. The Bertz CT molecular complexity index is 1030. The number of benzene rings is 1. The van der Waals surface area contributed by atoms with Gasteiger partial charge in [-0.15, -0.1) is 9.24 Å². The zero-order chi connectivity index (χ0) is 21.9. The Labute approximate surface area is 182 Å². The molecule has 2 bridgehead atoms. The number of pyridine rings is 1. The zero-order valence-corrected chi connectivity index (χ0v) is 18.7. The number of carbonyl (C=O) groups is 1. The molecule has 31 heavy (non-hydrogen) atoms. The molecule has 4 atom stereocenters. The second kappa shape index (κ2) is 7.68. The van der Waals surface area contributed by atoms with E-state index in [4.69, 9.17) is 4.74 Å². The van der Waals surface area contributed by atoms with Crippen LogP contribution in [0.5, 0.6) is 5.75 Å². The molecule has 164 valence electrons. The Kier molecular flexibility index (Phi) is 5.10. The molecule has 4 heterocycles. The van der Waals surface area contributed by atoms with Crippen molar-refractivity contribution >= 4 is 32.1 Å². The molecule has 3 fully saturated rings. The molecule has 5 rings (SSSR count). The fourth-order valence-corrected chi connectivity index (χ4v) is 5.72. The SMILES string of the molecule is COc1cc(F)c([C@H]2CC(=O)N(c3ccc(F)c(N4C[C@@H]5C[C@H]4CN5C)n3)C2)c(P)c1. The Hall–Kier alpha value is -2.31. The Morgan fingerprint density at radius 3 is 2.58 bits per heavy atom. The van der Waals surface area contributed by atoms with Gasteiger partial charge in [-0.05, 0) is 37.0 Å². The van der Waals surface area contributed by atoms with Crippen LogP contribution < -0.4 is 19.8 Å². The summed E-state index contributed by atoms with van der Waals surface area (Å²) in [6.45, 7) is 1.92. The maximum Gasteiger partial charge on any atom is 0.228 e. The van der Waals surface area contributed by atoms with Gasteiger partial charge in [0.05, 0.1) is 7.11 Å². The summed E-state index contributed by atoms with van der Waals surface area (Å²) in [7, 11) is 6.10. The minimum Gasteiger partial charge on any atom is -0.497 e. The van der Waals surface area contributed by atoms with E-state index in [1.165, 1.54) is 25.3 Å². The van der Waals surface area contributed by atoms with Crippen LogP contribution in [-0.4, -0.2) is 61.7 Å². The second-order valence-corrected chi connectivity index (χ2v) is 9.25. The van der Waals surface area contributed by atoms with Crippen LogP contribution in [0.4, 0.5) is 20.4 Å². The van der Waals surface area contributed by atoms with Crippen molar-refractivity contribution < 1.29 is 18.3 Å². The minimum absolute atomic E-state index is 0.141. The van der Waals surface area contributed by atoms with Gasteiger partial charge in [-0.2, -0.15) is 0 Å². The largest absolute Gasteiger partial charge is 0.497 e. The van der Waals surface area contributed by atoms with Crippen molar-refractivity contribution in [1.29, 1.82) is 0 Å². The maximum absolute atomic E-state index is 14.7. The number of hydrogen-bond donors (Lipinski definition) is 0. The van der Waals surface area contributed by atoms with Crippen molar-refractivity contribution in [2.45, 2.75) is 30.8 Å². The molecule has 0 aliphatic carbocycles. The number of halogens is 2. The molecule has 0 N–H and O–H groups in total. The molecule has 2 aromatic rings. The lowest BCUT2D eigenvalue weighted by molar-refractivity contribution is -0.117. The quantitative estimate of drug-likeness (QED) is 0.675. The zero-order valence-electron chi connectivity index (χ0n) is 17.5. The monoisotopic (exact) mass is 446 g/mol. The van der Waals surface area contributed by atoms with Gasteiger partial charge in [-0.1, -0.05) is 0 Å². The van der Waals surface area contributed by atoms with Gasteiger partial charge >= 0.3 is 0 Å². The maximum atomic E-state index is 14.7. The number of hydrogen-bond acceptors (Lipinski definition) is 5. The first-order valence-corrected chi connectivity index (χ1v) is 11.0. The summed E-state index contributed by atoms with van der Waals surface area (Å²) in [6, 6.07) is 6.64. The van der Waals surface area contributed by atoms with Crippen molar-refractivity contribution in [2.24, 2.45) is 0 Å². The van der Waals surface area contributed by atoms with Crippen LogP contribution in [0.1, 0.15) is 24.3 Å². The molecule has 0 radical (unpaired) electrons. The lowest BCUT2D eigenvalue weighted by atomic mass is 9.97. The van der Waals surface area contributed by atoms with Gasteiger partial charge in [0.25, 0.3) is 0 Å². The highest BCUT2D eigenvalue weighted by atomic mass is 31.0. The smallest absolute Gasteiger partial charge is 0.228 e. The first kappa shape index (κ1) is 20.6. The van der Waals surface area contributed by atoms with Crippen LogP contribution in [0.2, 0.25) is 0 Å². The number of methoxy groups -OCH3 is 1. The molecule has 1 amide bonds. The molecular weight excluding hydrogens is 421 g/mol. The normalized spacial score (nSPS) is 25.7. The molecule has 0 spiro atoms. The highest BCUT2D eigenvalue weighted by molar-refractivity contribution is 7.27. The van der Waals surface area contributed by atoms with E-state index in [1.807, 2.05) is 4.90 Å². The van der Waals surface area contributed by atoms with Crippen molar-refractivity contribution in [1.82, 2.24) is 9.88 Å². The predicted molar refractivity (Wildman–Crippen MR) is 118 cm³/mol. The van der Waals surface area contributed by atoms with Crippen molar-refractivity contribution in [3.05, 3.63) is 41.5 Å². The van der Waals surface area contributed by atoms with E-state index >= 15 is 0 Å². The van der Waals surface area contributed by atoms with Crippen LogP contribution in [0.25, 0.3) is 0 Å². The van der Waals surface area contributed by atoms with E-state index in [0.717, 1.165) is 19.5 Å². The number of nitrogens with zero attached hydrogens (tertiary/aromatic N) is 4. The third kappa shape index (κ3) is 3.46. The number of anilines is 2. The van der Waals surface area contributed by atoms with E-state index in [1.54, 1.807) is 11.0 Å². The fraction of sp³-hybridized carbons (Fsp3) is 0.455. The summed E-state index contributed by atoms with van der Waals surface area (Å²) in [5.41, 5.74) is 0.490. The number of likely N-dealkylation sites (N-methyl/N-ethyl adjacent to an activating group) is 1. The summed E-state index contributed by atoms with van der Waals surface area (Å²) < 4.78 is 34.5. The third-order valence-electron chi connectivity index (χ3n) is 6.78. The van der Waals surface area contributed by atoms with E-state index in [2.05, 4.69) is 26.2 Å². The number of piperazine rings is 1. The summed E-state index contributed by atoms with van der Waals surface area (Å²) in [5.74, 6) is -0.0710. The average Bonchev–Trinajstić information content (AvgIpc) is 3.41. The summed E-state index contributed by atoms with van der Waals surface area (Å²) in [5, 5.41) is 0.668. The minimum atomic E-state index is -0.394. The summed E-state index contributed by atoms with van der Waals surface area (Å²) in [4.78, 5) is 23.2. The van der Waals surface area contributed by atoms with Crippen LogP contribution in [0, 0.1) is 11.6 Å². The van der Waals surface area contributed by atoms with Crippen molar-refractivity contribution in [3.8, 4) is 5.75 Å². The number of carbonyl (C=O) groups excluding carboxylic acids is 1. The van der Waals surface area contributed by atoms with Gasteiger partial charge < -0.3 is 9.64 Å². The molecule has 9 heteroatoms. The van der Waals surface area contributed by atoms with E-state index < -0.39 is 5.82 Å². The molecule has 1 aromatic carbocycles. The third-order valence-corrected chi connectivity index (χ3v) is 7.26. The Morgan fingerprint density at radius 2 is 1.94 bits per heavy atom. The molecule has 3 aliphatic heterocycles. The predicted octanol–water partition coefficient (Wildman–Crippen LogP) is 2.28. The fourth-order valence-electron chi connectivity index (χ4n) is 5.18. The van der Waals surface area contributed by atoms with Crippen LogP contribution in [0.3, 0.4) is 0 Å². The molecule has 6 nitrogen and oxygen atoms in total. The van der Waals surface area contributed by atoms with Crippen molar-refractivity contribution in [3.63, 3.8) is 0 Å². The molecule has 3 saturated heterocycles. The number of rotatable bonds is 4. The lowest BCUT2D eigenvalue weighted by Gasteiger charge is -2.33. The highest BCUT2D eigenvalue weighted by Crippen LogP contribution is 2.37. The van der Waals surface area contributed by atoms with Gasteiger partial charge in [0.2, 0.25) is 5.91 Å². The molecule has 1 unspecified atom stereocenters. The van der Waals surface area contributed by atoms with Crippen molar-refractivity contribution in [2.75, 3.05) is 43.6 Å². The van der Waals surface area contributed by atoms with Crippen LogP contribution in [0.15, 0.2) is 24.3 Å². The summed E-state index contributed by atoms with van der Waals surface area (Å²) in [6.07, 6.45) is 1.18.